The second-order valence-corrected chi connectivity index (χ2v) is 6.95. The molecule has 25 heavy (non-hydrogen) atoms. The minimum atomic E-state index is -0.438. The molecule has 2 fully saturated rings. The summed E-state index contributed by atoms with van der Waals surface area (Å²) in [6.45, 7) is 7.90. The van der Waals surface area contributed by atoms with E-state index in [0.717, 1.165) is 24.7 Å². The molecule has 2 saturated heterocycles. The van der Waals surface area contributed by atoms with Gasteiger partial charge in [0.05, 0.1) is 0 Å². The van der Waals surface area contributed by atoms with E-state index < -0.39 is 12.2 Å². The SMILES string of the molecule is CCN1C(=O)C2C(N=C3N(c4cc(C)cc(C)c4)CCN32)N(C)C1=O. The summed E-state index contributed by atoms with van der Waals surface area (Å²) in [6, 6.07) is 5.74. The van der Waals surface area contributed by atoms with Crippen LogP contribution in [0.1, 0.15) is 18.1 Å². The number of anilines is 1. The van der Waals surface area contributed by atoms with Crippen molar-refractivity contribution in [3.8, 4) is 0 Å². The van der Waals surface area contributed by atoms with Crippen molar-refractivity contribution in [2.45, 2.75) is 33.0 Å². The second kappa shape index (κ2) is 5.47. The second-order valence-electron chi connectivity index (χ2n) is 6.95. The van der Waals surface area contributed by atoms with Gasteiger partial charge in [-0.2, -0.15) is 0 Å². The fourth-order valence-electron chi connectivity index (χ4n) is 4.08. The van der Waals surface area contributed by atoms with E-state index in [0.29, 0.717) is 6.54 Å². The van der Waals surface area contributed by atoms with Gasteiger partial charge >= 0.3 is 6.03 Å². The maximum atomic E-state index is 12.8. The van der Waals surface area contributed by atoms with Gasteiger partial charge in [-0.3, -0.25) is 9.69 Å². The number of imide groups is 1. The van der Waals surface area contributed by atoms with Crippen LogP contribution < -0.4 is 4.90 Å². The fourth-order valence-corrected chi connectivity index (χ4v) is 4.08. The number of likely N-dealkylation sites (N-methyl/N-ethyl adjacent to an activating group) is 2. The van der Waals surface area contributed by atoms with E-state index in [9.17, 15) is 9.59 Å². The summed E-state index contributed by atoms with van der Waals surface area (Å²) in [5, 5.41) is 0. The predicted octanol–water partition coefficient (Wildman–Crippen LogP) is 1.40. The molecule has 3 amide bonds. The molecule has 2 atom stereocenters. The number of guanidine groups is 1. The average molecular weight is 341 g/mol. The molecule has 132 valence electrons. The summed E-state index contributed by atoms with van der Waals surface area (Å²) in [5.74, 6) is 0.655. The lowest BCUT2D eigenvalue weighted by Crippen LogP contribution is -2.64. The van der Waals surface area contributed by atoms with Gasteiger partial charge in [0.2, 0.25) is 5.96 Å². The predicted molar refractivity (Wildman–Crippen MR) is 95.5 cm³/mol. The molecule has 7 nitrogen and oxygen atoms in total. The highest BCUT2D eigenvalue weighted by atomic mass is 16.2. The number of rotatable bonds is 2. The first kappa shape index (κ1) is 15.9. The number of carbonyl (C=O) groups is 2. The summed E-state index contributed by atoms with van der Waals surface area (Å²) in [5.41, 5.74) is 3.49. The van der Waals surface area contributed by atoms with E-state index in [2.05, 4.69) is 41.8 Å². The molecule has 0 aliphatic carbocycles. The van der Waals surface area contributed by atoms with Crippen LogP contribution in [0.15, 0.2) is 23.2 Å². The van der Waals surface area contributed by atoms with Crippen LogP contribution in [0.4, 0.5) is 10.5 Å². The molecule has 0 spiro atoms. The van der Waals surface area contributed by atoms with Crippen molar-refractivity contribution in [2.75, 3.05) is 31.6 Å². The summed E-state index contributed by atoms with van der Waals surface area (Å²) in [7, 11) is 1.72. The largest absolute Gasteiger partial charge is 0.328 e. The molecule has 0 N–H and O–H groups in total. The molecule has 1 aromatic rings. The highest BCUT2D eigenvalue weighted by Crippen LogP contribution is 2.33. The molecule has 0 saturated carbocycles. The Morgan fingerprint density at radius 2 is 1.80 bits per heavy atom. The highest BCUT2D eigenvalue weighted by Gasteiger charge is 2.54. The maximum absolute atomic E-state index is 12.8. The van der Waals surface area contributed by atoms with Crippen LogP contribution in [-0.4, -0.2) is 71.5 Å². The molecule has 4 rings (SSSR count). The maximum Gasteiger partial charge on any atom is 0.328 e. The first-order chi connectivity index (χ1) is 11.9. The number of aryl methyl sites for hydroxylation is 2. The van der Waals surface area contributed by atoms with E-state index in [-0.39, 0.29) is 11.9 Å². The average Bonchev–Trinajstić information content (AvgIpc) is 3.11. The summed E-state index contributed by atoms with van der Waals surface area (Å²) < 4.78 is 0. The minimum absolute atomic E-state index is 0.142. The third kappa shape index (κ3) is 2.22. The number of amides is 3. The zero-order valence-corrected chi connectivity index (χ0v) is 15.1. The lowest BCUT2D eigenvalue weighted by Gasteiger charge is -2.40. The van der Waals surface area contributed by atoms with Gasteiger partial charge in [-0.1, -0.05) is 6.07 Å². The van der Waals surface area contributed by atoms with Crippen molar-refractivity contribution in [3.05, 3.63) is 29.3 Å². The Morgan fingerprint density at radius 3 is 2.44 bits per heavy atom. The van der Waals surface area contributed by atoms with Gasteiger partial charge in [0, 0.05) is 32.4 Å². The van der Waals surface area contributed by atoms with Crippen molar-refractivity contribution in [1.82, 2.24) is 14.7 Å². The van der Waals surface area contributed by atoms with Gasteiger partial charge in [0.25, 0.3) is 5.91 Å². The topological polar surface area (TPSA) is 59.5 Å². The highest BCUT2D eigenvalue weighted by molar-refractivity contribution is 6.08. The Morgan fingerprint density at radius 1 is 1.12 bits per heavy atom. The van der Waals surface area contributed by atoms with Gasteiger partial charge in [-0.05, 0) is 44.0 Å². The Labute approximate surface area is 147 Å². The van der Waals surface area contributed by atoms with E-state index in [1.54, 1.807) is 11.9 Å². The van der Waals surface area contributed by atoms with Gasteiger partial charge in [0.1, 0.15) is 0 Å². The zero-order chi connectivity index (χ0) is 17.9. The van der Waals surface area contributed by atoms with Crippen molar-refractivity contribution in [2.24, 2.45) is 4.99 Å². The van der Waals surface area contributed by atoms with Crippen molar-refractivity contribution in [1.29, 1.82) is 0 Å². The van der Waals surface area contributed by atoms with E-state index >= 15 is 0 Å². The standard InChI is InChI=1S/C18H23N5O2/c1-5-21-16(24)14-15(20(4)18(21)25)19-17-22(6-7-23(14)17)13-9-11(2)8-12(3)10-13/h8-10,14-15H,5-7H2,1-4H3. The number of nitrogens with zero attached hydrogens (tertiary/aromatic N) is 5. The summed E-state index contributed by atoms with van der Waals surface area (Å²) in [6.07, 6.45) is -0.438. The molecule has 0 radical (unpaired) electrons. The smallest absolute Gasteiger partial charge is 0.325 e. The summed E-state index contributed by atoms with van der Waals surface area (Å²) in [4.78, 5) is 37.1. The van der Waals surface area contributed by atoms with Crippen molar-refractivity contribution < 1.29 is 9.59 Å². The number of benzene rings is 1. The van der Waals surface area contributed by atoms with E-state index in [1.807, 2.05) is 6.92 Å². The van der Waals surface area contributed by atoms with Crippen LogP contribution in [0.5, 0.6) is 0 Å². The van der Waals surface area contributed by atoms with E-state index in [4.69, 9.17) is 4.99 Å². The Balaban J connectivity index is 1.71. The molecular weight excluding hydrogens is 318 g/mol. The Kier molecular flexibility index (Phi) is 3.49. The number of urea groups is 1. The monoisotopic (exact) mass is 341 g/mol. The molecule has 2 unspecified atom stereocenters. The molecule has 3 heterocycles. The number of aliphatic imine (C=N–C) groups is 1. The lowest BCUT2D eigenvalue weighted by atomic mass is 10.1. The van der Waals surface area contributed by atoms with Gasteiger partial charge in [-0.15, -0.1) is 0 Å². The van der Waals surface area contributed by atoms with Gasteiger partial charge in [-0.25, -0.2) is 9.79 Å². The van der Waals surface area contributed by atoms with Crippen LogP contribution in [-0.2, 0) is 4.79 Å². The van der Waals surface area contributed by atoms with Crippen LogP contribution in [0.3, 0.4) is 0 Å². The minimum Gasteiger partial charge on any atom is -0.325 e. The van der Waals surface area contributed by atoms with Crippen molar-refractivity contribution >= 4 is 23.6 Å². The first-order valence-corrected chi connectivity index (χ1v) is 8.71. The number of carbonyl (C=O) groups excluding carboxylic acids is 2. The van der Waals surface area contributed by atoms with Crippen LogP contribution >= 0.6 is 0 Å². The Bertz CT molecular complexity index is 769. The molecule has 3 aliphatic heterocycles. The fraction of sp³-hybridized carbons (Fsp3) is 0.500. The van der Waals surface area contributed by atoms with Gasteiger partial charge < -0.3 is 14.7 Å². The molecule has 1 aromatic carbocycles. The number of fused-ring (bicyclic) bond motifs is 3. The molecule has 7 heteroatoms. The summed E-state index contributed by atoms with van der Waals surface area (Å²) >= 11 is 0. The molecular formula is C18H23N5O2. The zero-order valence-electron chi connectivity index (χ0n) is 15.1. The molecule has 0 bridgehead atoms. The molecule has 3 aliphatic rings. The van der Waals surface area contributed by atoms with Gasteiger partial charge in [0.15, 0.2) is 12.2 Å². The lowest BCUT2D eigenvalue weighted by molar-refractivity contribution is -0.137. The normalized spacial score (nSPS) is 25.5. The Hall–Kier alpha value is -2.57. The quantitative estimate of drug-likeness (QED) is 0.816. The number of hydrogen-bond acceptors (Lipinski definition) is 5. The third-order valence-electron chi connectivity index (χ3n) is 5.21. The number of hydrogen-bond donors (Lipinski definition) is 0. The van der Waals surface area contributed by atoms with Crippen LogP contribution in [0, 0.1) is 13.8 Å². The van der Waals surface area contributed by atoms with E-state index in [1.165, 1.54) is 16.0 Å². The van der Waals surface area contributed by atoms with Crippen LogP contribution in [0.25, 0.3) is 0 Å². The van der Waals surface area contributed by atoms with Crippen molar-refractivity contribution in [3.63, 3.8) is 0 Å². The first-order valence-electron chi connectivity index (χ1n) is 8.71. The third-order valence-corrected chi connectivity index (χ3v) is 5.21. The molecule has 0 aromatic heterocycles. The van der Waals surface area contributed by atoms with Crippen LogP contribution in [0.2, 0.25) is 0 Å².